The average Bonchev–Trinajstić information content (AvgIpc) is 2.15. The zero-order valence-electron chi connectivity index (χ0n) is 8.27. The minimum absolute atomic E-state index is 0.240. The quantitative estimate of drug-likeness (QED) is 0.404. The molecule has 0 spiro atoms. The summed E-state index contributed by atoms with van der Waals surface area (Å²) in [6, 6.07) is 0. The highest BCUT2D eigenvalue weighted by molar-refractivity contribution is 4.86. The number of alkyl halides is 4. The van der Waals surface area contributed by atoms with Crippen LogP contribution in [0.25, 0.3) is 0 Å². The van der Waals surface area contributed by atoms with Crippen molar-refractivity contribution in [2.24, 2.45) is 0 Å². The second kappa shape index (κ2) is 6.64. The molecule has 1 unspecified atom stereocenters. The van der Waals surface area contributed by atoms with Crippen molar-refractivity contribution in [2.75, 3.05) is 19.7 Å². The molecule has 0 aliphatic carbocycles. The summed E-state index contributed by atoms with van der Waals surface area (Å²) in [7, 11) is 0. The van der Waals surface area contributed by atoms with Gasteiger partial charge >= 0.3 is 12.3 Å². The maximum Gasteiger partial charge on any atom is 0.330 e. The lowest BCUT2D eigenvalue weighted by Crippen LogP contribution is -2.36. The summed E-state index contributed by atoms with van der Waals surface area (Å²) < 4.78 is 52.7. The molecule has 1 N–H and O–H groups in total. The number of rotatable bonds is 7. The van der Waals surface area contributed by atoms with Gasteiger partial charge in [-0.1, -0.05) is 5.92 Å². The highest BCUT2D eigenvalue weighted by atomic mass is 19.3. The Labute approximate surface area is 86.0 Å². The van der Waals surface area contributed by atoms with Crippen molar-refractivity contribution < 1.29 is 22.3 Å². The molecule has 6 heteroatoms. The summed E-state index contributed by atoms with van der Waals surface area (Å²) in [6.45, 7) is 0.719. The lowest BCUT2D eigenvalue weighted by atomic mass is 10.3. The maximum atomic E-state index is 12.4. The van der Waals surface area contributed by atoms with Gasteiger partial charge in [-0.05, 0) is 6.92 Å². The van der Waals surface area contributed by atoms with Crippen LogP contribution < -0.4 is 5.32 Å². The van der Waals surface area contributed by atoms with E-state index in [1.165, 1.54) is 6.92 Å². The van der Waals surface area contributed by atoms with Crippen molar-refractivity contribution in [3.05, 3.63) is 0 Å². The Kier molecular flexibility index (Phi) is 6.29. The maximum absolute atomic E-state index is 12.4. The van der Waals surface area contributed by atoms with E-state index in [0.717, 1.165) is 0 Å². The molecule has 88 valence electrons. The second-order valence-corrected chi connectivity index (χ2v) is 3.02. The standard InChI is InChI=1S/C9H13F4NO/c1-3-4-14-5-7(2)15-6-9(12,13)8(10)11/h1,7-8,14H,4-6H2,2H3. The third-order valence-corrected chi connectivity index (χ3v) is 1.54. The van der Waals surface area contributed by atoms with Gasteiger partial charge in [0.1, 0.15) is 6.61 Å². The number of hydrogen-bond donors (Lipinski definition) is 1. The first-order chi connectivity index (χ1) is 6.90. The van der Waals surface area contributed by atoms with Gasteiger partial charge in [0.25, 0.3) is 0 Å². The highest BCUT2D eigenvalue weighted by Gasteiger charge is 2.41. The number of terminal acetylenes is 1. The average molecular weight is 227 g/mol. The van der Waals surface area contributed by atoms with Crippen molar-refractivity contribution in [1.82, 2.24) is 5.32 Å². The Hall–Kier alpha value is -0.800. The van der Waals surface area contributed by atoms with Gasteiger partial charge in [0.15, 0.2) is 0 Å². The Bertz CT molecular complexity index is 215. The largest absolute Gasteiger partial charge is 0.371 e. The first-order valence-corrected chi connectivity index (χ1v) is 4.32. The van der Waals surface area contributed by atoms with Crippen molar-refractivity contribution in [3.63, 3.8) is 0 Å². The summed E-state index contributed by atoms with van der Waals surface area (Å²) in [4.78, 5) is 0. The summed E-state index contributed by atoms with van der Waals surface area (Å²) >= 11 is 0. The van der Waals surface area contributed by atoms with Gasteiger partial charge in [-0.15, -0.1) is 6.42 Å². The lowest BCUT2D eigenvalue weighted by molar-refractivity contribution is -0.173. The molecule has 0 aromatic heterocycles. The van der Waals surface area contributed by atoms with Crippen LogP contribution in [0.1, 0.15) is 6.92 Å². The van der Waals surface area contributed by atoms with Gasteiger partial charge in [-0.3, -0.25) is 0 Å². The lowest BCUT2D eigenvalue weighted by Gasteiger charge is -2.19. The molecule has 15 heavy (non-hydrogen) atoms. The molecule has 0 radical (unpaired) electrons. The van der Waals surface area contributed by atoms with Gasteiger partial charge in [0, 0.05) is 6.54 Å². The molecule has 0 aliphatic heterocycles. The molecular formula is C9H13F4NO. The van der Waals surface area contributed by atoms with Crippen molar-refractivity contribution >= 4 is 0 Å². The van der Waals surface area contributed by atoms with E-state index in [2.05, 4.69) is 16.0 Å². The van der Waals surface area contributed by atoms with Crippen LogP contribution >= 0.6 is 0 Å². The molecule has 0 amide bonds. The predicted octanol–water partition coefficient (Wildman–Crippen LogP) is 1.51. The molecule has 0 fully saturated rings. The smallest absolute Gasteiger partial charge is 0.330 e. The van der Waals surface area contributed by atoms with E-state index >= 15 is 0 Å². The van der Waals surface area contributed by atoms with Crippen LogP contribution in [0.4, 0.5) is 17.6 Å². The minimum Gasteiger partial charge on any atom is -0.371 e. The van der Waals surface area contributed by atoms with E-state index in [1.807, 2.05) is 0 Å². The van der Waals surface area contributed by atoms with Crippen molar-refractivity contribution in [3.8, 4) is 12.3 Å². The SMILES string of the molecule is C#CCNCC(C)OCC(F)(F)C(F)F. The Morgan fingerprint density at radius 2 is 2.07 bits per heavy atom. The van der Waals surface area contributed by atoms with E-state index in [9.17, 15) is 17.6 Å². The summed E-state index contributed by atoms with van der Waals surface area (Å²) in [5.41, 5.74) is 0. The topological polar surface area (TPSA) is 21.3 Å². The molecule has 0 aromatic carbocycles. The predicted molar refractivity (Wildman–Crippen MR) is 48.1 cm³/mol. The van der Waals surface area contributed by atoms with Crippen molar-refractivity contribution in [1.29, 1.82) is 0 Å². The highest BCUT2D eigenvalue weighted by Crippen LogP contribution is 2.23. The second-order valence-electron chi connectivity index (χ2n) is 3.02. The van der Waals surface area contributed by atoms with Crippen LogP contribution in [-0.4, -0.2) is 38.1 Å². The Morgan fingerprint density at radius 3 is 2.53 bits per heavy atom. The zero-order chi connectivity index (χ0) is 11.9. The Balaban J connectivity index is 3.71. The normalized spacial score (nSPS) is 13.9. The van der Waals surface area contributed by atoms with Crippen LogP contribution in [0.3, 0.4) is 0 Å². The molecule has 0 saturated carbocycles. The molecule has 0 aromatic rings. The van der Waals surface area contributed by atoms with Gasteiger partial charge in [0.2, 0.25) is 0 Å². The zero-order valence-corrected chi connectivity index (χ0v) is 8.27. The van der Waals surface area contributed by atoms with E-state index < -0.39 is 25.1 Å². The van der Waals surface area contributed by atoms with E-state index in [0.29, 0.717) is 0 Å². The molecule has 0 aliphatic rings. The molecule has 0 rings (SSSR count). The summed E-state index contributed by atoms with van der Waals surface area (Å²) in [5.74, 6) is -1.82. The van der Waals surface area contributed by atoms with Gasteiger partial charge in [-0.25, -0.2) is 8.78 Å². The first-order valence-electron chi connectivity index (χ1n) is 4.32. The fraction of sp³-hybridized carbons (Fsp3) is 0.778. The van der Waals surface area contributed by atoms with E-state index in [4.69, 9.17) is 6.42 Å². The number of halogens is 4. The van der Waals surface area contributed by atoms with Crippen molar-refractivity contribution in [2.45, 2.75) is 25.4 Å². The molecule has 2 nitrogen and oxygen atoms in total. The summed E-state index contributed by atoms with van der Waals surface area (Å²) in [6.07, 6.45) is 0.626. The van der Waals surface area contributed by atoms with Gasteiger partial charge in [0.05, 0.1) is 12.6 Å². The summed E-state index contributed by atoms with van der Waals surface area (Å²) in [5, 5.41) is 2.71. The minimum atomic E-state index is -4.10. The number of ether oxygens (including phenoxy) is 1. The van der Waals surface area contributed by atoms with Gasteiger partial charge < -0.3 is 10.1 Å². The fourth-order valence-corrected chi connectivity index (χ4v) is 0.723. The first kappa shape index (κ1) is 14.2. The molecule has 0 heterocycles. The third-order valence-electron chi connectivity index (χ3n) is 1.54. The number of nitrogens with one attached hydrogen (secondary N) is 1. The van der Waals surface area contributed by atoms with Crippen LogP contribution in [0, 0.1) is 12.3 Å². The van der Waals surface area contributed by atoms with Gasteiger partial charge in [-0.2, -0.15) is 8.78 Å². The number of hydrogen-bond acceptors (Lipinski definition) is 2. The third kappa shape index (κ3) is 6.31. The molecular weight excluding hydrogens is 214 g/mol. The molecule has 1 atom stereocenters. The molecule has 0 bridgehead atoms. The Morgan fingerprint density at radius 1 is 1.47 bits per heavy atom. The van der Waals surface area contributed by atoms with Crippen LogP contribution in [0.15, 0.2) is 0 Å². The van der Waals surface area contributed by atoms with Crippen LogP contribution in [0.2, 0.25) is 0 Å². The van der Waals surface area contributed by atoms with E-state index in [1.54, 1.807) is 0 Å². The monoisotopic (exact) mass is 227 g/mol. The fourth-order valence-electron chi connectivity index (χ4n) is 0.723. The molecule has 0 saturated heterocycles. The van der Waals surface area contributed by atoms with E-state index in [-0.39, 0.29) is 13.1 Å². The van der Waals surface area contributed by atoms with Crippen LogP contribution in [0.5, 0.6) is 0 Å². The van der Waals surface area contributed by atoms with Crippen LogP contribution in [-0.2, 0) is 4.74 Å².